The summed E-state index contributed by atoms with van der Waals surface area (Å²) in [7, 11) is 0.450. The maximum atomic E-state index is 5.00. The molecule has 0 aliphatic carbocycles. The lowest BCUT2D eigenvalue weighted by atomic mass is 10.1. The van der Waals surface area contributed by atoms with Gasteiger partial charge in [-0.25, -0.2) is 20.0 Å². The highest BCUT2D eigenvalue weighted by Gasteiger charge is 2.19. The predicted molar refractivity (Wildman–Crippen MR) is 368 cm³/mol. The van der Waals surface area contributed by atoms with Crippen LogP contribution in [0.4, 0.5) is 22.7 Å². The van der Waals surface area contributed by atoms with Crippen LogP contribution in [0.1, 0.15) is 99.9 Å². The van der Waals surface area contributed by atoms with Crippen LogP contribution in [0.25, 0.3) is 0 Å². The standard InChI is InChI=1S/4C16H16INS.H2O/c4*1-3-11-7-5-9-13-15(11)18-16-12(4-2)8-6-10-14(16)19(13)17;/h4*5-10H,3-4H2,1-2H3;1H2. The van der Waals surface area contributed by atoms with Gasteiger partial charge in [0.25, 0.3) is 0 Å². The van der Waals surface area contributed by atoms with E-state index in [0.29, 0.717) is 0 Å². The quantitative estimate of drug-likeness (QED) is 0.107. The number of nitrogens with zero attached hydrogens (tertiary/aromatic N) is 4. The Labute approximate surface area is 513 Å². The van der Waals surface area contributed by atoms with E-state index in [1.807, 2.05) is 0 Å². The van der Waals surface area contributed by atoms with Crippen LogP contribution >= 0.6 is 115 Å². The molecule has 2 N–H and O–H groups in total. The summed E-state index contributed by atoms with van der Waals surface area (Å²) < 4.78 is 5.56. The Morgan fingerprint density at radius 2 is 0.429 bits per heavy atom. The van der Waals surface area contributed by atoms with Crippen LogP contribution in [-0.4, -0.2) is 5.48 Å². The predicted octanol–water partition coefficient (Wildman–Crippen LogP) is 19.2. The summed E-state index contributed by atoms with van der Waals surface area (Å²) in [6.07, 6.45) is 8.37. The first-order valence-electron chi connectivity index (χ1n) is 26.5. The molecular formula is C64H66I4N4OS4. The number of benzene rings is 8. The fourth-order valence-electron chi connectivity index (χ4n) is 9.92. The molecule has 12 rings (SSSR count). The number of rotatable bonds is 8. The van der Waals surface area contributed by atoms with E-state index >= 15 is 0 Å². The van der Waals surface area contributed by atoms with Crippen molar-refractivity contribution in [3.63, 3.8) is 0 Å². The third-order valence-electron chi connectivity index (χ3n) is 14.1. The molecule has 0 fully saturated rings. The van der Waals surface area contributed by atoms with Gasteiger partial charge >= 0.3 is 0 Å². The van der Waals surface area contributed by atoms with Gasteiger partial charge in [-0.05, 0) is 229 Å². The Kier molecular flexibility index (Phi) is 21.8. The Bertz CT molecular complexity index is 3600. The van der Waals surface area contributed by atoms with Gasteiger partial charge in [0, 0.05) is 37.6 Å². The summed E-state index contributed by atoms with van der Waals surface area (Å²) in [5, 5.41) is 4.87. The second-order valence-corrected chi connectivity index (χ2v) is 34.6. The Balaban J connectivity index is 0.000000135. The summed E-state index contributed by atoms with van der Waals surface area (Å²) in [4.78, 5) is 25.6. The third-order valence-corrected chi connectivity index (χ3v) is 31.3. The second-order valence-electron chi connectivity index (χ2n) is 18.4. The molecule has 4 aliphatic heterocycles. The summed E-state index contributed by atoms with van der Waals surface area (Å²) in [6, 6.07) is 52.8. The van der Waals surface area contributed by atoms with Crippen molar-refractivity contribution < 1.29 is 5.48 Å². The molecule has 13 heteroatoms. The Hall–Kier alpha value is -2.76. The zero-order valence-corrected chi connectivity index (χ0v) is 56.8. The Morgan fingerprint density at radius 3 is 0.610 bits per heavy atom. The minimum absolute atomic E-state index is 0. The van der Waals surface area contributed by atoms with Crippen LogP contribution < -0.4 is 21.4 Å². The highest BCUT2D eigenvalue weighted by molar-refractivity contribution is 14.2. The maximum absolute atomic E-state index is 5.00. The van der Waals surface area contributed by atoms with Gasteiger partial charge in [-0.15, -0.1) is 0 Å². The van der Waals surface area contributed by atoms with Gasteiger partial charge in [-0.2, -0.15) is 0 Å². The first kappa shape index (κ1) is 60.3. The van der Waals surface area contributed by atoms with Crippen LogP contribution in [0.5, 0.6) is 0 Å². The minimum atomic E-state index is 0. The van der Waals surface area contributed by atoms with Crippen molar-refractivity contribution in [3.05, 3.63) is 230 Å². The lowest BCUT2D eigenvalue weighted by molar-refractivity contribution is 0.824. The average molecular weight is 1540 g/mol. The van der Waals surface area contributed by atoms with Gasteiger partial charge in [0.1, 0.15) is 0 Å². The van der Waals surface area contributed by atoms with Crippen molar-refractivity contribution in [2.45, 2.75) is 126 Å². The fourth-order valence-corrected chi connectivity index (χ4v) is 23.8. The van der Waals surface area contributed by atoms with Gasteiger partial charge in [0.2, 0.25) is 0 Å². The number of aryl methyl sites for hydroxylation is 8. The van der Waals surface area contributed by atoms with Gasteiger partial charge in [0.05, 0.1) is 44.2 Å². The molecule has 5 nitrogen and oxygen atoms in total. The summed E-state index contributed by atoms with van der Waals surface area (Å²) >= 11 is 10.3. The molecule has 4 atom stereocenters. The minimum Gasteiger partial charge on any atom is -0.412 e. The van der Waals surface area contributed by atoms with Crippen LogP contribution in [-0.2, 0) is 51.4 Å². The highest BCUT2D eigenvalue weighted by atomic mass is 127. The monoisotopic (exact) mass is 1540 g/mol. The highest BCUT2D eigenvalue weighted by Crippen LogP contribution is 2.49. The van der Waals surface area contributed by atoms with Gasteiger partial charge in [0.15, 0.2) is 0 Å². The van der Waals surface area contributed by atoms with E-state index in [0.717, 1.165) is 51.4 Å². The molecular weight excluding hydrogens is 1480 g/mol. The summed E-state index contributed by atoms with van der Waals surface area (Å²) in [5.41, 5.74) is 15.8. The van der Waals surface area contributed by atoms with Crippen molar-refractivity contribution in [2.24, 2.45) is 20.0 Å². The molecule has 0 amide bonds. The van der Waals surface area contributed by atoms with E-state index in [1.165, 1.54) is 126 Å². The molecule has 8 aromatic carbocycles. The van der Waals surface area contributed by atoms with Crippen LogP contribution in [0.2, 0.25) is 0 Å². The summed E-state index contributed by atoms with van der Waals surface area (Å²) in [5.74, 6) is 0. The lowest BCUT2D eigenvalue weighted by Gasteiger charge is -2.15. The van der Waals surface area contributed by atoms with Crippen molar-refractivity contribution in [1.29, 1.82) is 0 Å². The van der Waals surface area contributed by atoms with Crippen LogP contribution in [0.3, 0.4) is 0 Å². The number of fused-ring (bicyclic) bond motifs is 8. The van der Waals surface area contributed by atoms with E-state index in [-0.39, 0.29) is 36.1 Å². The number of hydrogen-bond donors (Lipinski definition) is 0. The SMILES string of the molecule is CCc1cccc2c1N=c1c(CC)cccc1=S2I.CCc1cccc2c1N=c1c(CC)cccc1=S2I.CCc1cccc2c1N=c1c(CC)cccc1=S2I.CCc1cccc2c1N=c1c(CC)cccc1=S2I.O. The van der Waals surface area contributed by atoms with Crippen molar-refractivity contribution in [3.8, 4) is 0 Å². The van der Waals surface area contributed by atoms with Crippen molar-refractivity contribution >= 4 is 138 Å². The first-order chi connectivity index (χ1) is 37.0. The molecule has 4 unspecified atom stereocenters. The topological polar surface area (TPSA) is 80.9 Å². The molecule has 0 bridgehead atoms. The average Bonchev–Trinajstić information content (AvgIpc) is 3.48. The molecule has 77 heavy (non-hydrogen) atoms. The van der Waals surface area contributed by atoms with Crippen molar-refractivity contribution in [2.75, 3.05) is 0 Å². The van der Waals surface area contributed by atoms with Gasteiger partial charge in [-0.1, -0.05) is 183 Å². The zero-order valence-electron chi connectivity index (χ0n) is 44.9. The largest absolute Gasteiger partial charge is 0.412 e. The van der Waals surface area contributed by atoms with E-state index < -0.39 is 0 Å². The molecule has 0 spiro atoms. The number of halogens is 4. The van der Waals surface area contributed by atoms with E-state index in [1.54, 1.807) is 0 Å². The zero-order chi connectivity index (χ0) is 53.6. The molecule has 4 heterocycles. The van der Waals surface area contributed by atoms with E-state index in [9.17, 15) is 0 Å². The molecule has 8 aromatic rings. The normalized spacial score (nSPS) is 16.3. The van der Waals surface area contributed by atoms with Gasteiger partial charge < -0.3 is 5.48 Å². The van der Waals surface area contributed by atoms with Crippen LogP contribution in [0, 0.1) is 18.0 Å². The first-order valence-corrected chi connectivity index (χ1v) is 41.5. The third kappa shape index (κ3) is 12.4. The molecule has 0 aromatic heterocycles. The van der Waals surface area contributed by atoms with Gasteiger partial charge in [-0.3, -0.25) is 0 Å². The molecule has 0 saturated heterocycles. The molecule has 400 valence electrons. The molecule has 4 aliphatic rings. The maximum Gasteiger partial charge on any atom is 0.0808 e. The smallest absolute Gasteiger partial charge is 0.0808 e. The Morgan fingerprint density at radius 1 is 0.260 bits per heavy atom. The van der Waals surface area contributed by atoms with Crippen molar-refractivity contribution in [1.82, 2.24) is 0 Å². The lowest BCUT2D eigenvalue weighted by Crippen LogP contribution is -2.12. The summed E-state index contributed by atoms with van der Waals surface area (Å²) in [6.45, 7) is 17.6. The fraction of sp³-hybridized carbons (Fsp3) is 0.250. The van der Waals surface area contributed by atoms with E-state index in [4.69, 9.17) is 20.0 Å². The molecule has 0 radical (unpaired) electrons. The molecule has 0 saturated carbocycles. The number of para-hydroxylation sites is 8. The second kappa shape index (κ2) is 27.8. The van der Waals surface area contributed by atoms with E-state index in [2.05, 4.69) is 286 Å². The van der Waals surface area contributed by atoms with Crippen LogP contribution in [0.15, 0.2) is 185 Å². The number of hydrogen-bond acceptors (Lipinski definition) is 4.